The zero-order valence-electron chi connectivity index (χ0n) is 26.4. The van der Waals surface area contributed by atoms with E-state index < -0.39 is 23.8 Å². The number of fused-ring (bicyclic) bond motifs is 2. The van der Waals surface area contributed by atoms with Crippen molar-refractivity contribution in [3.63, 3.8) is 0 Å². The molecule has 2 aliphatic heterocycles. The Labute approximate surface area is 273 Å². The Morgan fingerprint density at radius 2 is 1.81 bits per heavy atom. The molecule has 0 radical (unpaired) electrons. The number of imide groups is 1. The van der Waals surface area contributed by atoms with Crippen molar-refractivity contribution < 1.29 is 19.2 Å². The van der Waals surface area contributed by atoms with Gasteiger partial charge in [-0.2, -0.15) is 5.10 Å². The molecule has 12 heteroatoms. The minimum atomic E-state index is -1.15. The van der Waals surface area contributed by atoms with E-state index in [9.17, 15) is 19.2 Å². The molecule has 4 aromatic rings. The Morgan fingerprint density at radius 3 is 2.62 bits per heavy atom. The van der Waals surface area contributed by atoms with Gasteiger partial charge < -0.3 is 21.2 Å². The molecule has 1 fully saturated rings. The van der Waals surface area contributed by atoms with Crippen LogP contribution in [0.1, 0.15) is 83.6 Å². The maximum atomic E-state index is 13.0. The molecule has 2 aliphatic rings. The van der Waals surface area contributed by atoms with Crippen molar-refractivity contribution in [1.29, 1.82) is 0 Å². The summed E-state index contributed by atoms with van der Waals surface area (Å²) in [6, 6.07) is 10.3. The van der Waals surface area contributed by atoms with Crippen LogP contribution in [0.15, 0.2) is 55.0 Å². The number of amides is 3. The summed E-state index contributed by atoms with van der Waals surface area (Å²) in [5.74, 6) is -1.38. The number of aryl methyl sites for hydroxylation is 1. The lowest BCUT2D eigenvalue weighted by molar-refractivity contribution is -0.122. The van der Waals surface area contributed by atoms with E-state index in [4.69, 9.17) is 10.7 Å². The number of anilines is 1. The molecule has 4 N–H and O–H groups in total. The molecule has 1 atom stereocenters. The summed E-state index contributed by atoms with van der Waals surface area (Å²) in [5.41, 5.74) is 11.6. The lowest BCUT2D eigenvalue weighted by Crippen LogP contribution is -2.47. The van der Waals surface area contributed by atoms with Crippen molar-refractivity contribution in [1.82, 2.24) is 30.0 Å². The van der Waals surface area contributed by atoms with Crippen LogP contribution in [0.4, 0.5) is 5.69 Å². The molecule has 1 unspecified atom stereocenters. The van der Waals surface area contributed by atoms with Gasteiger partial charge in [0.25, 0.3) is 11.8 Å². The fourth-order valence-electron chi connectivity index (χ4n) is 6.46. The second-order valence-corrected chi connectivity index (χ2v) is 12.3. The van der Waals surface area contributed by atoms with E-state index in [1.54, 1.807) is 18.2 Å². The number of aldehydes is 1. The number of hydrogen-bond acceptors (Lipinski definition) is 9. The summed E-state index contributed by atoms with van der Waals surface area (Å²) >= 11 is 0. The zero-order chi connectivity index (χ0) is 32.8. The molecule has 1 saturated heterocycles. The first kappa shape index (κ1) is 32.0. The summed E-state index contributed by atoms with van der Waals surface area (Å²) in [6.07, 6.45) is 12.6. The third kappa shape index (κ3) is 7.22. The Kier molecular flexibility index (Phi) is 9.96. The third-order valence-electron chi connectivity index (χ3n) is 9.07. The van der Waals surface area contributed by atoms with Crippen molar-refractivity contribution in [3.05, 3.63) is 71.7 Å². The number of benzene rings is 2. The Balaban J connectivity index is 0.951. The average molecular weight is 637 g/mol. The standard InChI is InChI=1S/C35H40N8O4/c36-33(45)32(6-5-17-44)43-34(46)27-9-8-26(19-28(27)35(43)47)38-13-3-1-2-4-16-42-22-25(20-40-42)31-21-39-29-10-7-24(18-30(29)41-31)23-11-14-37-15-12-23/h7-10,17-23,32,37-38H,1-6,11-16H2,(H2,36,45). The van der Waals surface area contributed by atoms with Crippen LogP contribution in [0, 0.1) is 0 Å². The first-order chi connectivity index (χ1) is 22.9. The van der Waals surface area contributed by atoms with E-state index >= 15 is 0 Å². The molecule has 3 amide bonds. The Bertz CT molecular complexity index is 1780. The van der Waals surface area contributed by atoms with Crippen molar-refractivity contribution in [3.8, 4) is 11.3 Å². The molecule has 0 saturated carbocycles. The molecule has 12 nitrogen and oxygen atoms in total. The molecule has 47 heavy (non-hydrogen) atoms. The predicted octanol–water partition coefficient (Wildman–Crippen LogP) is 4.06. The fourth-order valence-corrected chi connectivity index (χ4v) is 6.46. The predicted molar refractivity (Wildman–Crippen MR) is 178 cm³/mol. The van der Waals surface area contributed by atoms with Crippen molar-refractivity contribution >= 4 is 40.7 Å². The highest BCUT2D eigenvalue weighted by atomic mass is 16.2. The number of carbonyl (C=O) groups excluding carboxylic acids is 4. The van der Waals surface area contributed by atoms with Crippen LogP contribution < -0.4 is 16.4 Å². The van der Waals surface area contributed by atoms with Gasteiger partial charge in [-0.15, -0.1) is 0 Å². The summed E-state index contributed by atoms with van der Waals surface area (Å²) in [7, 11) is 0. The number of aromatic nitrogens is 4. The number of carbonyl (C=O) groups is 4. The first-order valence-electron chi connectivity index (χ1n) is 16.4. The summed E-state index contributed by atoms with van der Waals surface area (Å²) in [4.78, 5) is 59.0. The smallest absolute Gasteiger partial charge is 0.262 e. The van der Waals surface area contributed by atoms with Crippen molar-refractivity contribution in [2.45, 2.75) is 69.9 Å². The maximum absolute atomic E-state index is 13.0. The second-order valence-electron chi connectivity index (χ2n) is 12.3. The zero-order valence-corrected chi connectivity index (χ0v) is 26.4. The van der Waals surface area contributed by atoms with Gasteiger partial charge in [0, 0.05) is 37.0 Å². The van der Waals surface area contributed by atoms with E-state index in [1.807, 2.05) is 23.3 Å². The molecule has 6 rings (SSSR count). The SMILES string of the molecule is NC(=O)C(CCC=O)N1C(=O)c2ccc(NCCCCCCn3cc(-c4cnc5ccc(C6CCNCC6)cc5n4)cn3)cc2C1=O. The number of primary amides is 1. The third-order valence-corrected chi connectivity index (χ3v) is 9.07. The van der Waals surface area contributed by atoms with Gasteiger partial charge in [-0.05, 0) is 87.0 Å². The molecule has 2 aromatic heterocycles. The summed E-state index contributed by atoms with van der Waals surface area (Å²) < 4.78 is 1.96. The Hall–Kier alpha value is -4.97. The number of nitrogens with two attached hydrogens (primary N) is 1. The fraction of sp³-hybridized carbons (Fsp3) is 0.400. The lowest BCUT2D eigenvalue weighted by atomic mass is 9.90. The largest absolute Gasteiger partial charge is 0.385 e. The highest BCUT2D eigenvalue weighted by Gasteiger charge is 2.42. The molecule has 0 bridgehead atoms. The molecule has 0 spiro atoms. The van der Waals surface area contributed by atoms with E-state index in [-0.39, 0.29) is 24.0 Å². The molecule has 4 heterocycles. The van der Waals surface area contributed by atoms with E-state index in [0.29, 0.717) is 18.7 Å². The number of rotatable bonds is 15. The minimum Gasteiger partial charge on any atom is -0.385 e. The highest BCUT2D eigenvalue weighted by molar-refractivity contribution is 6.23. The summed E-state index contributed by atoms with van der Waals surface area (Å²) in [5, 5.41) is 11.3. The number of nitrogens with one attached hydrogen (secondary N) is 2. The monoisotopic (exact) mass is 636 g/mol. The van der Waals surface area contributed by atoms with Gasteiger partial charge in [0.15, 0.2) is 0 Å². The van der Waals surface area contributed by atoms with Crippen LogP contribution in [-0.2, 0) is 16.1 Å². The van der Waals surface area contributed by atoms with Gasteiger partial charge >= 0.3 is 0 Å². The minimum absolute atomic E-state index is 0.00955. The lowest BCUT2D eigenvalue weighted by Gasteiger charge is -2.23. The van der Waals surface area contributed by atoms with Crippen molar-refractivity contribution in [2.24, 2.45) is 5.73 Å². The number of nitrogens with zero attached hydrogens (tertiary/aromatic N) is 5. The van der Waals surface area contributed by atoms with Gasteiger partial charge in [0.2, 0.25) is 5.91 Å². The highest BCUT2D eigenvalue weighted by Crippen LogP contribution is 2.30. The normalized spacial score (nSPS) is 15.6. The van der Waals surface area contributed by atoms with Gasteiger partial charge in [0.05, 0.1) is 40.2 Å². The molecular weight excluding hydrogens is 596 g/mol. The van der Waals surface area contributed by atoms with Crippen LogP contribution in [0.25, 0.3) is 22.3 Å². The van der Waals surface area contributed by atoms with Crippen LogP contribution in [0.3, 0.4) is 0 Å². The molecule has 0 aliphatic carbocycles. The second kappa shape index (κ2) is 14.6. The van der Waals surface area contributed by atoms with Crippen LogP contribution in [-0.4, -0.2) is 74.3 Å². The Morgan fingerprint density at radius 1 is 1.00 bits per heavy atom. The van der Waals surface area contributed by atoms with Crippen LogP contribution in [0.5, 0.6) is 0 Å². The molecule has 244 valence electrons. The van der Waals surface area contributed by atoms with E-state index in [1.165, 1.54) is 5.56 Å². The topological polar surface area (TPSA) is 165 Å². The first-order valence-corrected chi connectivity index (χ1v) is 16.4. The van der Waals surface area contributed by atoms with Gasteiger partial charge in [0.1, 0.15) is 12.3 Å². The van der Waals surface area contributed by atoms with Crippen molar-refractivity contribution in [2.75, 3.05) is 25.0 Å². The van der Waals surface area contributed by atoms with Gasteiger partial charge in [-0.3, -0.25) is 28.9 Å². The van der Waals surface area contributed by atoms with Crippen LogP contribution >= 0.6 is 0 Å². The number of piperidine rings is 1. The number of hydrogen-bond donors (Lipinski definition) is 3. The number of unbranched alkanes of at least 4 members (excludes halogenated alkanes) is 3. The van der Waals surface area contributed by atoms with E-state index in [0.717, 1.165) is 91.0 Å². The van der Waals surface area contributed by atoms with Gasteiger partial charge in [-0.1, -0.05) is 18.9 Å². The average Bonchev–Trinajstić information content (AvgIpc) is 3.66. The molecular formula is C35H40N8O4. The van der Waals surface area contributed by atoms with Crippen LogP contribution in [0.2, 0.25) is 0 Å². The summed E-state index contributed by atoms with van der Waals surface area (Å²) in [6.45, 7) is 3.63. The molecule has 2 aromatic carbocycles. The maximum Gasteiger partial charge on any atom is 0.262 e. The van der Waals surface area contributed by atoms with E-state index in [2.05, 4.69) is 38.9 Å². The quantitative estimate of drug-likeness (QED) is 0.0991. The van der Waals surface area contributed by atoms with Gasteiger partial charge in [-0.25, -0.2) is 4.98 Å².